The maximum Gasteiger partial charge on any atom is 0.513 e. The van der Waals surface area contributed by atoms with Gasteiger partial charge in [0, 0.05) is 12.2 Å². The van der Waals surface area contributed by atoms with Gasteiger partial charge in [-0.15, -0.1) is 0 Å². The van der Waals surface area contributed by atoms with Crippen LogP contribution in [0, 0.1) is 13.8 Å². The zero-order valence-electron chi connectivity index (χ0n) is 29.2. The summed E-state index contributed by atoms with van der Waals surface area (Å²) in [5.74, 6) is -1.06. The van der Waals surface area contributed by atoms with Crippen molar-refractivity contribution in [3.05, 3.63) is 84.0 Å². The number of ether oxygens (including phenoxy) is 8. The molecule has 0 N–H and O–H groups in total. The van der Waals surface area contributed by atoms with Crippen LogP contribution >= 0.6 is 0 Å². The molecule has 0 atom stereocenters. The lowest BCUT2D eigenvalue weighted by atomic mass is 9.94. The lowest BCUT2D eigenvalue weighted by Crippen LogP contribution is -2.29. The molecule has 1 saturated carbocycles. The Hall–Kier alpha value is -5.17. The van der Waals surface area contributed by atoms with Gasteiger partial charge >= 0.3 is 30.0 Å². The molecule has 0 heterocycles. The molecule has 0 bridgehead atoms. The first-order valence-corrected chi connectivity index (χ1v) is 16.9. The SMILES string of the molecule is C=CC(=O)OCCCCOCOc1ccc(C(=O)O[C@H]2CC[C@H](OC(=O)c3ccc(OC(=O)OCCCCOC(=O)C=C)c(C)c3)CC2)cc1C. The summed E-state index contributed by atoms with van der Waals surface area (Å²) in [6, 6.07) is 9.63. The molecule has 3 rings (SSSR count). The zero-order chi connectivity index (χ0) is 37.0. The third kappa shape index (κ3) is 14.7. The van der Waals surface area contributed by atoms with Crippen LogP contribution in [0.3, 0.4) is 0 Å². The number of esters is 4. The highest BCUT2D eigenvalue weighted by Crippen LogP contribution is 2.27. The average molecular weight is 711 g/mol. The maximum atomic E-state index is 12.8. The van der Waals surface area contributed by atoms with Gasteiger partial charge in [-0.05, 0) is 113 Å². The summed E-state index contributed by atoms with van der Waals surface area (Å²) in [7, 11) is 0. The molecule has 0 unspecified atom stereocenters. The third-order valence-corrected chi connectivity index (χ3v) is 7.74. The van der Waals surface area contributed by atoms with Crippen LogP contribution in [0.25, 0.3) is 0 Å². The van der Waals surface area contributed by atoms with E-state index in [1.807, 2.05) is 6.92 Å². The molecule has 1 fully saturated rings. The summed E-state index contributed by atoms with van der Waals surface area (Å²) in [6.07, 6.45) is 5.23. The van der Waals surface area contributed by atoms with Crippen molar-refractivity contribution in [1.29, 1.82) is 0 Å². The van der Waals surface area contributed by atoms with Crippen LogP contribution in [0.2, 0.25) is 0 Å². The second kappa shape index (κ2) is 21.8. The van der Waals surface area contributed by atoms with Gasteiger partial charge in [0.1, 0.15) is 23.7 Å². The Morgan fingerprint density at radius 1 is 0.647 bits per heavy atom. The second-order valence-electron chi connectivity index (χ2n) is 11.7. The van der Waals surface area contributed by atoms with Gasteiger partial charge < -0.3 is 37.9 Å². The fraction of sp³-hybridized carbons (Fsp3) is 0.447. The van der Waals surface area contributed by atoms with Crippen molar-refractivity contribution in [2.45, 2.75) is 77.4 Å². The highest BCUT2D eigenvalue weighted by Gasteiger charge is 2.27. The minimum absolute atomic E-state index is 0.0436. The van der Waals surface area contributed by atoms with Crippen molar-refractivity contribution >= 4 is 30.0 Å². The first-order valence-electron chi connectivity index (χ1n) is 16.9. The predicted molar refractivity (Wildman–Crippen MR) is 183 cm³/mol. The highest BCUT2D eigenvalue weighted by atomic mass is 16.7. The van der Waals surface area contributed by atoms with Gasteiger partial charge in [-0.25, -0.2) is 24.0 Å². The number of benzene rings is 2. The number of hydrogen-bond donors (Lipinski definition) is 0. The fourth-order valence-electron chi connectivity index (χ4n) is 4.95. The molecule has 1 aliphatic rings. The monoisotopic (exact) mass is 710 g/mol. The van der Waals surface area contributed by atoms with Gasteiger partial charge in [-0.1, -0.05) is 13.2 Å². The number of rotatable bonds is 20. The van der Waals surface area contributed by atoms with E-state index in [1.165, 1.54) is 12.1 Å². The molecule has 0 aromatic heterocycles. The summed E-state index contributed by atoms with van der Waals surface area (Å²) in [5, 5.41) is 0. The van der Waals surface area contributed by atoms with Crippen molar-refractivity contribution in [2.75, 3.05) is 33.2 Å². The minimum Gasteiger partial charge on any atom is -0.467 e. The number of carbonyl (C=O) groups is 5. The van der Waals surface area contributed by atoms with Crippen molar-refractivity contribution in [1.82, 2.24) is 0 Å². The largest absolute Gasteiger partial charge is 0.513 e. The molecule has 51 heavy (non-hydrogen) atoms. The lowest BCUT2D eigenvalue weighted by molar-refractivity contribution is -0.138. The van der Waals surface area contributed by atoms with Gasteiger partial charge in [0.15, 0.2) is 6.79 Å². The smallest absolute Gasteiger partial charge is 0.467 e. The van der Waals surface area contributed by atoms with Crippen LogP contribution < -0.4 is 9.47 Å². The Labute approximate surface area is 297 Å². The standard InChI is InChI=1S/C38H46O13/c1-5-34(39)45-20-8-7-19-44-25-48-32-17-11-28(23-26(32)3)36(41)49-30-13-15-31(16-14-30)50-37(42)29-12-18-33(27(4)24-29)51-38(43)47-22-10-9-21-46-35(40)6-2/h5-6,11-12,17-18,23-24,30-31H,1-2,7-10,13-16,19-22,25H2,3-4H3/t30-,31-. The number of unbranched alkanes of at least 4 members (excludes halogenated alkanes) is 2. The number of aryl methyl sites for hydroxylation is 2. The van der Waals surface area contributed by atoms with Crippen molar-refractivity contribution in [3.8, 4) is 11.5 Å². The van der Waals surface area contributed by atoms with Crippen LogP contribution in [-0.4, -0.2) is 75.5 Å². The molecular formula is C38H46O13. The molecule has 0 amide bonds. The second-order valence-corrected chi connectivity index (χ2v) is 11.7. The third-order valence-electron chi connectivity index (χ3n) is 7.74. The van der Waals surface area contributed by atoms with E-state index in [0.717, 1.165) is 17.7 Å². The molecule has 0 radical (unpaired) electrons. The lowest BCUT2D eigenvalue weighted by Gasteiger charge is -2.28. The van der Waals surface area contributed by atoms with Crippen LogP contribution in [0.5, 0.6) is 11.5 Å². The van der Waals surface area contributed by atoms with E-state index < -0.39 is 30.0 Å². The molecule has 1 aliphatic carbocycles. The summed E-state index contributed by atoms with van der Waals surface area (Å²) in [6.45, 7) is 11.3. The van der Waals surface area contributed by atoms with Gasteiger partial charge in [0.05, 0.1) is 37.6 Å². The Bertz CT molecular complexity index is 1510. The molecule has 2 aromatic rings. The minimum atomic E-state index is -0.883. The Morgan fingerprint density at radius 3 is 1.57 bits per heavy atom. The predicted octanol–water partition coefficient (Wildman–Crippen LogP) is 6.52. The molecule has 276 valence electrons. The molecular weight excluding hydrogens is 664 g/mol. The molecule has 2 aromatic carbocycles. The van der Waals surface area contributed by atoms with E-state index in [4.69, 9.17) is 37.9 Å². The van der Waals surface area contributed by atoms with Gasteiger partial charge in [0.25, 0.3) is 0 Å². The van der Waals surface area contributed by atoms with Crippen molar-refractivity contribution < 1.29 is 61.9 Å². The van der Waals surface area contributed by atoms with E-state index in [9.17, 15) is 24.0 Å². The summed E-state index contributed by atoms with van der Waals surface area (Å²) < 4.78 is 42.6. The summed E-state index contributed by atoms with van der Waals surface area (Å²) in [4.78, 5) is 59.8. The van der Waals surface area contributed by atoms with E-state index in [2.05, 4.69) is 13.2 Å². The van der Waals surface area contributed by atoms with E-state index in [1.54, 1.807) is 31.2 Å². The average Bonchev–Trinajstić information content (AvgIpc) is 3.12. The molecule has 0 aliphatic heterocycles. The van der Waals surface area contributed by atoms with E-state index >= 15 is 0 Å². The van der Waals surface area contributed by atoms with Gasteiger partial charge in [0.2, 0.25) is 0 Å². The normalized spacial score (nSPS) is 15.1. The van der Waals surface area contributed by atoms with Gasteiger partial charge in [-0.2, -0.15) is 0 Å². The van der Waals surface area contributed by atoms with E-state index in [0.29, 0.717) is 87.0 Å². The summed E-state index contributed by atoms with van der Waals surface area (Å²) in [5.41, 5.74) is 2.03. The molecule has 13 nitrogen and oxygen atoms in total. The quantitative estimate of drug-likeness (QED) is 0.0366. The van der Waals surface area contributed by atoms with Crippen molar-refractivity contribution in [3.63, 3.8) is 0 Å². The Kier molecular flexibility index (Phi) is 17.2. The maximum absolute atomic E-state index is 12.8. The Balaban J connectivity index is 1.33. The van der Waals surface area contributed by atoms with Crippen molar-refractivity contribution in [2.24, 2.45) is 0 Å². The zero-order valence-corrected chi connectivity index (χ0v) is 29.2. The topological polar surface area (TPSA) is 159 Å². The molecule has 0 saturated heterocycles. The van der Waals surface area contributed by atoms with E-state index in [-0.39, 0.29) is 38.0 Å². The van der Waals surface area contributed by atoms with Crippen LogP contribution in [0.4, 0.5) is 4.79 Å². The van der Waals surface area contributed by atoms with Crippen LogP contribution in [-0.2, 0) is 38.0 Å². The molecule has 0 spiro atoms. The number of hydrogen-bond acceptors (Lipinski definition) is 13. The van der Waals surface area contributed by atoms with Gasteiger partial charge in [-0.3, -0.25) is 0 Å². The fourth-order valence-corrected chi connectivity index (χ4v) is 4.95. The summed E-state index contributed by atoms with van der Waals surface area (Å²) >= 11 is 0. The first-order chi connectivity index (χ1) is 24.6. The highest BCUT2D eigenvalue weighted by molar-refractivity contribution is 5.90. The van der Waals surface area contributed by atoms with Crippen LogP contribution in [0.1, 0.15) is 83.2 Å². The first kappa shape index (κ1) is 40.3. The Morgan fingerprint density at radius 2 is 1.10 bits per heavy atom. The molecule has 13 heteroatoms. The number of carbonyl (C=O) groups excluding carboxylic acids is 5. The van der Waals surface area contributed by atoms with Crippen LogP contribution in [0.15, 0.2) is 61.7 Å².